The Morgan fingerprint density at radius 1 is 1.21 bits per heavy atom. The Bertz CT molecular complexity index is 861. The molecule has 6 rings (SSSR count). The first-order valence-corrected chi connectivity index (χ1v) is 12.8. The summed E-state index contributed by atoms with van der Waals surface area (Å²) in [6, 6.07) is 0.306. The molecule has 3 fully saturated rings. The van der Waals surface area contributed by atoms with Gasteiger partial charge in [-0.15, -0.1) is 0 Å². The fourth-order valence-electron chi connectivity index (χ4n) is 6.42. The first-order chi connectivity index (χ1) is 16.0. The van der Waals surface area contributed by atoms with Crippen LogP contribution in [0.3, 0.4) is 0 Å². The summed E-state index contributed by atoms with van der Waals surface area (Å²) >= 11 is 0. The quantitative estimate of drug-likeness (QED) is 0.620. The molecule has 0 aromatic rings. The molecular weight excluding hydrogens is 416 g/mol. The van der Waals surface area contributed by atoms with E-state index in [2.05, 4.69) is 52.1 Å². The van der Waals surface area contributed by atoms with E-state index in [1.165, 1.54) is 18.7 Å². The zero-order valence-electron chi connectivity index (χ0n) is 20.1. The minimum atomic E-state index is -0.0411. The molecule has 180 valence electrons. The molecule has 8 nitrogen and oxygen atoms in total. The van der Waals surface area contributed by atoms with Gasteiger partial charge in [0.1, 0.15) is 12.3 Å². The maximum atomic E-state index is 6.45. The number of hydrazone groups is 1. The molecule has 0 bridgehead atoms. The third-order valence-electron chi connectivity index (χ3n) is 8.00. The van der Waals surface area contributed by atoms with E-state index in [1.54, 1.807) is 0 Å². The van der Waals surface area contributed by atoms with Crippen molar-refractivity contribution in [2.45, 2.75) is 76.3 Å². The third-order valence-corrected chi connectivity index (χ3v) is 8.00. The van der Waals surface area contributed by atoms with Gasteiger partial charge in [-0.25, -0.2) is 5.01 Å². The molecule has 7 unspecified atom stereocenters. The molecule has 0 amide bonds. The number of nitrogens with one attached hydrogen (secondary N) is 1. The average Bonchev–Trinajstić information content (AvgIpc) is 3.29. The van der Waals surface area contributed by atoms with Crippen LogP contribution >= 0.6 is 0 Å². The fourth-order valence-corrected chi connectivity index (χ4v) is 6.42. The van der Waals surface area contributed by atoms with E-state index in [0.29, 0.717) is 12.0 Å². The molecule has 0 saturated carbocycles. The van der Waals surface area contributed by atoms with E-state index in [1.807, 2.05) is 29.7 Å². The number of piperazine rings is 1. The van der Waals surface area contributed by atoms with Crippen LogP contribution in [0.4, 0.5) is 0 Å². The number of nitrogens with zero attached hydrogens (tertiary/aromatic N) is 5. The summed E-state index contributed by atoms with van der Waals surface area (Å²) in [7, 11) is 0. The summed E-state index contributed by atoms with van der Waals surface area (Å²) in [5.74, 6) is 0.759. The minimum Gasteiger partial charge on any atom is -0.371 e. The Morgan fingerprint density at radius 2 is 2.06 bits per heavy atom. The third kappa shape index (κ3) is 4.27. The van der Waals surface area contributed by atoms with Crippen molar-refractivity contribution in [2.75, 3.05) is 32.7 Å². The largest absolute Gasteiger partial charge is 0.371 e. The number of aliphatic imine (C=N–C) groups is 1. The van der Waals surface area contributed by atoms with Crippen molar-refractivity contribution in [3.05, 3.63) is 24.0 Å². The molecule has 0 radical (unpaired) electrons. The molecule has 1 N–H and O–H groups in total. The Hall–Kier alpha value is -1.74. The van der Waals surface area contributed by atoms with Crippen LogP contribution < -0.4 is 5.32 Å². The Balaban J connectivity index is 1.15. The number of epoxide rings is 1. The number of allylic oxidation sites excluding steroid dienone is 1. The summed E-state index contributed by atoms with van der Waals surface area (Å²) in [6.45, 7) is 12.4. The van der Waals surface area contributed by atoms with Crippen LogP contribution in [0, 0.1) is 11.8 Å². The van der Waals surface area contributed by atoms with Gasteiger partial charge >= 0.3 is 0 Å². The maximum Gasteiger partial charge on any atom is 0.151 e. The second-order valence-corrected chi connectivity index (χ2v) is 11.0. The highest BCUT2D eigenvalue weighted by Crippen LogP contribution is 2.43. The standard InChI is InChI=1S/C25H38N6O2/c1-4-7-29-9-11-30(12-10-29)20-14-21-17(15-25(2,3)33-21)13-19(20)28-24-22(32-24)18-16-27-31-8-5-6-26-23(18)31/h5-6,8,14,16-19,21-24,28H,4,7,9-13,15H2,1-3H3. The van der Waals surface area contributed by atoms with Crippen LogP contribution in [0.25, 0.3) is 0 Å². The SMILES string of the molecule is CCCN1CCN(C2=CC3OC(C)(C)CC3CC2NC2OC2C2C=NN3C=CC=NC23)CC1. The van der Waals surface area contributed by atoms with Crippen LogP contribution in [-0.2, 0) is 9.47 Å². The van der Waals surface area contributed by atoms with Gasteiger partial charge < -0.3 is 14.4 Å². The molecule has 33 heavy (non-hydrogen) atoms. The average molecular weight is 455 g/mol. The molecule has 5 aliphatic heterocycles. The summed E-state index contributed by atoms with van der Waals surface area (Å²) in [4.78, 5) is 9.81. The van der Waals surface area contributed by atoms with Crippen molar-refractivity contribution in [2.24, 2.45) is 21.9 Å². The summed E-state index contributed by atoms with van der Waals surface area (Å²) in [5, 5.41) is 10.3. The molecule has 1 aliphatic carbocycles. The highest BCUT2D eigenvalue weighted by Gasteiger charge is 2.53. The van der Waals surface area contributed by atoms with E-state index < -0.39 is 0 Å². The van der Waals surface area contributed by atoms with Crippen LogP contribution in [0.1, 0.15) is 40.0 Å². The summed E-state index contributed by atoms with van der Waals surface area (Å²) in [5.41, 5.74) is 1.38. The Kier molecular flexibility index (Phi) is 5.60. The molecule has 0 aromatic heterocycles. The topological polar surface area (TPSA) is 68.2 Å². The summed E-state index contributed by atoms with van der Waals surface area (Å²) < 4.78 is 12.6. The zero-order valence-corrected chi connectivity index (χ0v) is 20.1. The lowest BCUT2D eigenvalue weighted by molar-refractivity contribution is -0.00351. The van der Waals surface area contributed by atoms with Gasteiger partial charge in [-0.1, -0.05) is 6.92 Å². The lowest BCUT2D eigenvalue weighted by atomic mass is 9.82. The first-order valence-electron chi connectivity index (χ1n) is 12.8. The van der Waals surface area contributed by atoms with Crippen LogP contribution in [0.2, 0.25) is 0 Å². The predicted octanol–water partition coefficient (Wildman–Crippen LogP) is 2.01. The van der Waals surface area contributed by atoms with Crippen LogP contribution in [-0.4, -0.2) is 96.2 Å². The van der Waals surface area contributed by atoms with Gasteiger partial charge in [-0.3, -0.25) is 15.2 Å². The van der Waals surface area contributed by atoms with Gasteiger partial charge in [0, 0.05) is 56.5 Å². The normalized spacial score (nSPS) is 41.3. The Labute approximate surface area is 197 Å². The van der Waals surface area contributed by atoms with Gasteiger partial charge in [-0.2, -0.15) is 5.10 Å². The molecule has 8 heteroatoms. The number of rotatable bonds is 6. The van der Waals surface area contributed by atoms with Crippen molar-refractivity contribution in [1.82, 2.24) is 20.1 Å². The van der Waals surface area contributed by atoms with Gasteiger partial charge in [0.15, 0.2) is 6.17 Å². The molecule has 6 aliphatic rings. The molecule has 5 heterocycles. The lowest BCUT2D eigenvalue weighted by Crippen LogP contribution is -2.52. The fraction of sp³-hybridized carbons (Fsp3) is 0.760. The maximum absolute atomic E-state index is 6.45. The first kappa shape index (κ1) is 21.8. The molecule has 0 aromatic carbocycles. The van der Waals surface area contributed by atoms with E-state index in [4.69, 9.17) is 9.47 Å². The molecular formula is C25H38N6O2. The van der Waals surface area contributed by atoms with E-state index >= 15 is 0 Å². The van der Waals surface area contributed by atoms with Crippen molar-refractivity contribution >= 4 is 12.4 Å². The van der Waals surface area contributed by atoms with Crippen LogP contribution in [0.15, 0.2) is 34.1 Å². The van der Waals surface area contributed by atoms with Gasteiger partial charge in [0.05, 0.1) is 17.6 Å². The number of hydrogen-bond donors (Lipinski definition) is 1. The monoisotopic (exact) mass is 454 g/mol. The lowest BCUT2D eigenvalue weighted by Gasteiger charge is -2.42. The summed E-state index contributed by atoms with van der Waals surface area (Å²) in [6.07, 6.45) is 14.1. The van der Waals surface area contributed by atoms with E-state index in [0.717, 1.165) is 39.0 Å². The number of fused-ring (bicyclic) bond motifs is 2. The van der Waals surface area contributed by atoms with Crippen molar-refractivity contribution in [1.29, 1.82) is 0 Å². The Morgan fingerprint density at radius 3 is 2.88 bits per heavy atom. The second-order valence-electron chi connectivity index (χ2n) is 11.0. The molecule has 3 saturated heterocycles. The van der Waals surface area contributed by atoms with Crippen LogP contribution in [0.5, 0.6) is 0 Å². The molecule has 0 spiro atoms. The van der Waals surface area contributed by atoms with Crippen molar-refractivity contribution in [3.63, 3.8) is 0 Å². The second kappa shape index (κ2) is 8.48. The molecule has 7 atom stereocenters. The predicted molar refractivity (Wildman–Crippen MR) is 129 cm³/mol. The van der Waals surface area contributed by atoms with E-state index in [-0.39, 0.29) is 36.1 Å². The van der Waals surface area contributed by atoms with Gasteiger partial charge in [-0.05, 0) is 57.7 Å². The van der Waals surface area contributed by atoms with Gasteiger partial charge in [0.2, 0.25) is 0 Å². The smallest absolute Gasteiger partial charge is 0.151 e. The number of hydrogen-bond acceptors (Lipinski definition) is 8. The van der Waals surface area contributed by atoms with Crippen molar-refractivity contribution in [3.8, 4) is 0 Å². The highest BCUT2D eigenvalue weighted by atomic mass is 16.6. The van der Waals surface area contributed by atoms with E-state index in [9.17, 15) is 0 Å². The zero-order chi connectivity index (χ0) is 22.6. The number of ether oxygens (including phenoxy) is 2. The minimum absolute atomic E-state index is 0.0354. The highest BCUT2D eigenvalue weighted by molar-refractivity contribution is 5.74. The van der Waals surface area contributed by atoms with Crippen molar-refractivity contribution < 1.29 is 9.47 Å². The van der Waals surface area contributed by atoms with Gasteiger partial charge in [0.25, 0.3) is 0 Å².